The van der Waals surface area contributed by atoms with E-state index in [9.17, 15) is 4.79 Å². The molecule has 20 heavy (non-hydrogen) atoms. The topological polar surface area (TPSA) is 67.9 Å². The van der Waals surface area contributed by atoms with E-state index in [0.29, 0.717) is 11.3 Å². The summed E-state index contributed by atoms with van der Waals surface area (Å²) in [6.45, 7) is 0. The molecule has 1 aromatic carbocycles. The molecule has 0 saturated heterocycles. The summed E-state index contributed by atoms with van der Waals surface area (Å²) in [7, 11) is 1.36. The van der Waals surface area contributed by atoms with Crippen molar-refractivity contribution in [1.29, 1.82) is 5.26 Å². The summed E-state index contributed by atoms with van der Waals surface area (Å²) in [5.74, 6) is -0.385. The molecule has 0 bridgehead atoms. The number of nitrogens with zero attached hydrogens (tertiary/aromatic N) is 3. The first-order chi connectivity index (χ1) is 9.74. The molecule has 1 heterocycles. The lowest BCUT2D eigenvalue weighted by atomic mass is 10.1. The van der Waals surface area contributed by atoms with Crippen molar-refractivity contribution in [3.05, 3.63) is 53.1 Å². The molecule has 0 aliphatic heterocycles. The minimum Gasteiger partial charge on any atom is -0.464 e. The van der Waals surface area contributed by atoms with Crippen molar-refractivity contribution in [2.24, 2.45) is 0 Å². The highest BCUT2D eigenvalue weighted by molar-refractivity contribution is 5.87. The number of rotatable bonds is 2. The molecule has 1 unspecified atom stereocenters. The van der Waals surface area contributed by atoms with Crippen molar-refractivity contribution in [1.82, 2.24) is 9.55 Å². The van der Waals surface area contributed by atoms with Crippen LogP contribution >= 0.6 is 0 Å². The van der Waals surface area contributed by atoms with Gasteiger partial charge in [-0.2, -0.15) is 5.26 Å². The maximum atomic E-state index is 11.7. The van der Waals surface area contributed by atoms with E-state index in [2.05, 4.69) is 11.1 Å². The molecule has 0 amide bonds. The van der Waals surface area contributed by atoms with E-state index in [1.807, 2.05) is 22.8 Å². The number of esters is 1. The van der Waals surface area contributed by atoms with Crippen LogP contribution in [-0.2, 0) is 11.2 Å². The molecular weight excluding hydrogens is 254 g/mol. The minimum atomic E-state index is -0.385. The first-order valence-electron chi connectivity index (χ1n) is 6.37. The molecule has 0 radical (unpaired) electrons. The Hall–Kier alpha value is -2.61. The van der Waals surface area contributed by atoms with E-state index in [-0.39, 0.29) is 12.0 Å². The summed E-state index contributed by atoms with van der Waals surface area (Å²) in [6.07, 6.45) is 4.97. The lowest BCUT2D eigenvalue weighted by Gasteiger charge is -2.16. The summed E-state index contributed by atoms with van der Waals surface area (Å²) < 4.78 is 6.63. The highest BCUT2D eigenvalue weighted by Crippen LogP contribution is 2.35. The molecule has 0 saturated carbocycles. The average Bonchev–Trinajstić information content (AvgIpc) is 3.11. The lowest BCUT2D eigenvalue weighted by molar-refractivity contribution is 0.0587. The first kappa shape index (κ1) is 12.4. The molecule has 0 spiro atoms. The first-order valence-corrected chi connectivity index (χ1v) is 6.37. The van der Waals surface area contributed by atoms with Gasteiger partial charge in [0.15, 0.2) is 0 Å². The second kappa shape index (κ2) is 4.82. The third-order valence-corrected chi connectivity index (χ3v) is 3.71. The van der Waals surface area contributed by atoms with Crippen LogP contribution in [0.3, 0.4) is 0 Å². The second-order valence-corrected chi connectivity index (χ2v) is 4.76. The van der Waals surface area contributed by atoms with Crippen LogP contribution in [0.15, 0.2) is 30.7 Å². The van der Waals surface area contributed by atoms with E-state index in [4.69, 9.17) is 10.00 Å². The van der Waals surface area contributed by atoms with Crippen LogP contribution in [0.4, 0.5) is 0 Å². The SMILES string of the molecule is COC(=O)c1cncn1C1CCc2cc(C#N)ccc21. The number of hydrogen-bond acceptors (Lipinski definition) is 4. The number of imidazole rings is 1. The standard InChI is InChI=1S/C15H13N3O2/c1-20-15(19)14-8-17-9-18(14)13-5-3-11-6-10(7-16)2-4-12(11)13/h2,4,6,8-9,13H,3,5H2,1H3. The summed E-state index contributed by atoms with van der Waals surface area (Å²) in [6, 6.07) is 7.93. The third-order valence-electron chi connectivity index (χ3n) is 3.71. The van der Waals surface area contributed by atoms with Crippen molar-refractivity contribution in [3.8, 4) is 6.07 Å². The molecule has 3 rings (SSSR count). The Kier molecular flexibility index (Phi) is 2.99. The number of aryl methyl sites for hydroxylation is 1. The molecule has 1 aromatic heterocycles. The largest absolute Gasteiger partial charge is 0.464 e. The fourth-order valence-electron chi connectivity index (χ4n) is 2.77. The minimum absolute atomic E-state index is 0.0781. The van der Waals surface area contributed by atoms with Gasteiger partial charge in [-0.25, -0.2) is 9.78 Å². The predicted molar refractivity (Wildman–Crippen MR) is 71.2 cm³/mol. The van der Waals surface area contributed by atoms with Crippen LogP contribution in [0, 0.1) is 11.3 Å². The van der Waals surface area contributed by atoms with Gasteiger partial charge in [0.1, 0.15) is 5.69 Å². The quantitative estimate of drug-likeness (QED) is 0.781. The maximum Gasteiger partial charge on any atom is 0.356 e. The molecule has 2 aromatic rings. The number of fused-ring (bicyclic) bond motifs is 1. The smallest absolute Gasteiger partial charge is 0.356 e. The Morgan fingerprint density at radius 1 is 1.55 bits per heavy atom. The Morgan fingerprint density at radius 3 is 3.15 bits per heavy atom. The fraction of sp³-hybridized carbons (Fsp3) is 0.267. The Balaban J connectivity index is 2.02. The van der Waals surface area contributed by atoms with Crippen LogP contribution in [-0.4, -0.2) is 22.6 Å². The molecule has 0 fully saturated rings. The van der Waals surface area contributed by atoms with Crippen molar-refractivity contribution in [3.63, 3.8) is 0 Å². The molecular formula is C15H13N3O2. The van der Waals surface area contributed by atoms with Gasteiger partial charge in [0, 0.05) is 0 Å². The van der Waals surface area contributed by atoms with Crippen LogP contribution in [0.5, 0.6) is 0 Å². The van der Waals surface area contributed by atoms with Crippen LogP contribution in [0.2, 0.25) is 0 Å². The van der Waals surface area contributed by atoms with Crippen LogP contribution in [0.25, 0.3) is 0 Å². The van der Waals surface area contributed by atoms with Gasteiger partial charge < -0.3 is 9.30 Å². The highest BCUT2D eigenvalue weighted by atomic mass is 16.5. The number of methoxy groups -OCH3 is 1. The summed E-state index contributed by atoms with van der Waals surface area (Å²) in [4.78, 5) is 15.8. The maximum absolute atomic E-state index is 11.7. The van der Waals surface area contributed by atoms with E-state index in [1.165, 1.54) is 18.9 Å². The van der Waals surface area contributed by atoms with Crippen molar-refractivity contribution < 1.29 is 9.53 Å². The van der Waals surface area contributed by atoms with Crippen molar-refractivity contribution in [2.45, 2.75) is 18.9 Å². The number of aromatic nitrogens is 2. The van der Waals surface area contributed by atoms with Crippen molar-refractivity contribution >= 4 is 5.97 Å². The van der Waals surface area contributed by atoms with E-state index in [1.54, 1.807) is 6.33 Å². The van der Waals surface area contributed by atoms with Gasteiger partial charge in [0.05, 0.1) is 37.3 Å². The number of carbonyl (C=O) groups excluding carboxylic acids is 1. The molecule has 1 aliphatic rings. The molecule has 5 nitrogen and oxygen atoms in total. The van der Waals surface area contributed by atoms with Gasteiger partial charge in [-0.05, 0) is 36.1 Å². The Bertz CT molecular complexity index is 712. The van der Waals surface area contributed by atoms with Crippen molar-refractivity contribution in [2.75, 3.05) is 7.11 Å². The monoisotopic (exact) mass is 267 g/mol. The summed E-state index contributed by atoms with van der Waals surface area (Å²) >= 11 is 0. The molecule has 1 atom stereocenters. The van der Waals surface area contributed by atoms with Gasteiger partial charge in [-0.3, -0.25) is 0 Å². The van der Waals surface area contributed by atoms with Gasteiger partial charge in [0.25, 0.3) is 0 Å². The highest BCUT2D eigenvalue weighted by Gasteiger charge is 2.27. The molecule has 1 aliphatic carbocycles. The van der Waals surface area contributed by atoms with Gasteiger partial charge in [-0.15, -0.1) is 0 Å². The molecule has 5 heteroatoms. The van der Waals surface area contributed by atoms with E-state index < -0.39 is 0 Å². The van der Waals surface area contributed by atoms with E-state index in [0.717, 1.165) is 18.4 Å². The number of carbonyl (C=O) groups is 1. The van der Waals surface area contributed by atoms with Gasteiger partial charge in [0.2, 0.25) is 0 Å². The summed E-state index contributed by atoms with van der Waals surface area (Å²) in [5.41, 5.74) is 3.43. The van der Waals surface area contributed by atoms with Gasteiger partial charge >= 0.3 is 5.97 Å². The zero-order chi connectivity index (χ0) is 14.1. The predicted octanol–water partition coefficient (Wildman–Crippen LogP) is 2.08. The Labute approximate surface area is 116 Å². The van der Waals surface area contributed by atoms with Crippen LogP contribution < -0.4 is 0 Å². The number of nitriles is 1. The zero-order valence-electron chi connectivity index (χ0n) is 11.0. The van der Waals surface area contributed by atoms with E-state index >= 15 is 0 Å². The summed E-state index contributed by atoms with van der Waals surface area (Å²) in [5, 5.41) is 8.94. The number of ether oxygens (including phenoxy) is 1. The van der Waals surface area contributed by atoms with Crippen LogP contribution in [0.1, 0.15) is 39.6 Å². The normalized spacial score (nSPS) is 16.5. The Morgan fingerprint density at radius 2 is 2.40 bits per heavy atom. The fourth-order valence-corrected chi connectivity index (χ4v) is 2.77. The number of hydrogen-bond donors (Lipinski definition) is 0. The van der Waals surface area contributed by atoms with Gasteiger partial charge in [-0.1, -0.05) is 6.07 Å². The second-order valence-electron chi connectivity index (χ2n) is 4.76. The zero-order valence-corrected chi connectivity index (χ0v) is 11.0. The molecule has 100 valence electrons. The third kappa shape index (κ3) is 1.86. The molecule has 0 N–H and O–H groups in total. The lowest BCUT2D eigenvalue weighted by Crippen LogP contribution is -2.14. The number of benzene rings is 1. The average molecular weight is 267 g/mol.